The zero-order valence-electron chi connectivity index (χ0n) is 21.8. The SMILES string of the molecule is CN(c1ccc(I)cc1F)c1c(C(=O)O)ccc(F)c1F.CNc1ccc(I)cc1F.O=C(O)c1ccc(F)c(F)c1F. The summed E-state index contributed by atoms with van der Waals surface area (Å²) < 4.78 is 92.7. The van der Waals surface area contributed by atoms with Crippen LogP contribution in [0.4, 0.5) is 47.8 Å². The molecule has 0 amide bonds. The molecule has 0 aliphatic rings. The summed E-state index contributed by atoms with van der Waals surface area (Å²) >= 11 is 3.97. The first-order valence-corrected chi connectivity index (χ1v) is 13.7. The second kappa shape index (κ2) is 15.7. The molecular formula is C28H19F7I2N2O4. The molecule has 228 valence electrons. The van der Waals surface area contributed by atoms with Gasteiger partial charge in [0.2, 0.25) is 0 Å². The van der Waals surface area contributed by atoms with Crippen LogP contribution in [0.2, 0.25) is 0 Å². The van der Waals surface area contributed by atoms with Crippen molar-refractivity contribution >= 4 is 74.2 Å². The number of aromatic carboxylic acids is 2. The molecule has 0 atom stereocenters. The summed E-state index contributed by atoms with van der Waals surface area (Å²) in [7, 11) is 2.97. The molecule has 43 heavy (non-hydrogen) atoms. The van der Waals surface area contributed by atoms with Crippen molar-refractivity contribution in [2.24, 2.45) is 0 Å². The Morgan fingerprint density at radius 1 is 0.651 bits per heavy atom. The van der Waals surface area contributed by atoms with Crippen molar-refractivity contribution in [2.75, 3.05) is 24.3 Å². The number of rotatable bonds is 5. The van der Waals surface area contributed by atoms with Gasteiger partial charge in [-0.1, -0.05) is 0 Å². The van der Waals surface area contributed by atoms with E-state index in [1.54, 1.807) is 19.2 Å². The van der Waals surface area contributed by atoms with Crippen LogP contribution in [0.5, 0.6) is 0 Å². The maximum absolute atomic E-state index is 14.0. The number of nitrogens with zero attached hydrogens (tertiary/aromatic N) is 1. The number of carboxylic acid groups (broad SMARTS) is 2. The van der Waals surface area contributed by atoms with Crippen LogP contribution in [0.3, 0.4) is 0 Å². The van der Waals surface area contributed by atoms with Crippen molar-refractivity contribution in [3.05, 3.63) is 120 Å². The van der Waals surface area contributed by atoms with Crippen LogP contribution in [0.1, 0.15) is 20.7 Å². The average Bonchev–Trinajstić information content (AvgIpc) is 2.93. The molecule has 4 aromatic carbocycles. The third-order valence-corrected chi connectivity index (χ3v) is 6.71. The van der Waals surface area contributed by atoms with E-state index in [-0.39, 0.29) is 11.5 Å². The van der Waals surface area contributed by atoms with Gasteiger partial charge in [0.25, 0.3) is 0 Å². The summed E-state index contributed by atoms with van der Waals surface area (Å²) in [6, 6.07) is 12.1. The van der Waals surface area contributed by atoms with Gasteiger partial charge in [-0.2, -0.15) is 0 Å². The lowest BCUT2D eigenvalue weighted by atomic mass is 10.1. The first-order valence-electron chi connectivity index (χ1n) is 11.5. The van der Waals surface area contributed by atoms with Crippen molar-refractivity contribution in [3.8, 4) is 0 Å². The van der Waals surface area contributed by atoms with E-state index in [1.165, 1.54) is 25.2 Å². The van der Waals surface area contributed by atoms with E-state index in [4.69, 9.17) is 10.2 Å². The number of carboxylic acids is 2. The molecule has 3 N–H and O–H groups in total. The number of halogens is 9. The van der Waals surface area contributed by atoms with E-state index in [2.05, 4.69) is 27.9 Å². The number of benzene rings is 4. The maximum Gasteiger partial charge on any atom is 0.338 e. The third-order valence-electron chi connectivity index (χ3n) is 5.37. The topological polar surface area (TPSA) is 89.9 Å². The van der Waals surface area contributed by atoms with Gasteiger partial charge in [-0.15, -0.1) is 0 Å². The molecule has 4 aromatic rings. The Hall–Kier alpha value is -3.61. The summed E-state index contributed by atoms with van der Waals surface area (Å²) in [5, 5.41) is 20.1. The molecular weight excluding hydrogens is 815 g/mol. The Balaban J connectivity index is 0.000000248. The average molecular weight is 834 g/mol. The largest absolute Gasteiger partial charge is 0.478 e. The molecule has 0 saturated carbocycles. The van der Waals surface area contributed by atoms with E-state index < -0.39 is 63.7 Å². The summed E-state index contributed by atoms with van der Waals surface area (Å²) in [4.78, 5) is 22.3. The van der Waals surface area contributed by atoms with Gasteiger partial charge in [0.15, 0.2) is 29.1 Å². The Kier molecular flexibility index (Phi) is 13.0. The first-order chi connectivity index (χ1) is 20.1. The molecule has 4 rings (SSSR count). The molecule has 0 saturated heterocycles. The minimum Gasteiger partial charge on any atom is -0.478 e. The van der Waals surface area contributed by atoms with Crippen molar-refractivity contribution in [3.63, 3.8) is 0 Å². The Morgan fingerprint density at radius 3 is 1.63 bits per heavy atom. The smallest absolute Gasteiger partial charge is 0.338 e. The van der Waals surface area contributed by atoms with Crippen molar-refractivity contribution < 1.29 is 50.5 Å². The highest BCUT2D eigenvalue weighted by atomic mass is 127. The number of nitrogens with one attached hydrogen (secondary N) is 1. The van der Waals surface area contributed by atoms with E-state index in [1.807, 2.05) is 28.7 Å². The Morgan fingerprint density at radius 2 is 1.14 bits per heavy atom. The van der Waals surface area contributed by atoms with Crippen LogP contribution in [0.15, 0.2) is 60.7 Å². The molecule has 0 heterocycles. The molecule has 15 heteroatoms. The van der Waals surface area contributed by atoms with Gasteiger partial charge >= 0.3 is 11.9 Å². The van der Waals surface area contributed by atoms with Gasteiger partial charge in [-0.3, -0.25) is 0 Å². The molecule has 0 aliphatic carbocycles. The number of anilines is 3. The summed E-state index contributed by atoms with van der Waals surface area (Å²) in [6.45, 7) is 0. The lowest BCUT2D eigenvalue weighted by Crippen LogP contribution is -2.18. The second-order valence-electron chi connectivity index (χ2n) is 8.12. The van der Waals surface area contributed by atoms with Gasteiger partial charge in [0.1, 0.15) is 11.6 Å². The summed E-state index contributed by atoms with van der Waals surface area (Å²) in [6.07, 6.45) is 0. The zero-order chi connectivity index (χ0) is 32.6. The summed E-state index contributed by atoms with van der Waals surface area (Å²) in [5.41, 5.74) is -1.37. The second-order valence-corrected chi connectivity index (χ2v) is 10.6. The lowest BCUT2D eigenvalue weighted by Gasteiger charge is -2.22. The molecule has 6 nitrogen and oxygen atoms in total. The van der Waals surface area contributed by atoms with Gasteiger partial charge in [0.05, 0.1) is 28.2 Å². The van der Waals surface area contributed by atoms with E-state index in [0.717, 1.165) is 20.6 Å². The minimum absolute atomic E-state index is 0.0533. The van der Waals surface area contributed by atoms with Crippen molar-refractivity contribution in [1.29, 1.82) is 0 Å². The first kappa shape index (κ1) is 35.6. The standard InChI is InChI=1S/C14H9F3INO2.C7H3F3O2.C7H7FIN/c1-19(11-5-2-7(18)6-10(11)16)13-8(14(20)21)3-4-9(15)12(13)17;8-4-2-1-3(7(11)12)5(9)6(4)10;1-10-7-3-2-5(9)4-6(7)8/h2-6H,1H3,(H,20,21);1-2H,(H,11,12);2-4,10H,1H3. The lowest BCUT2D eigenvalue weighted by molar-refractivity contribution is 0.0682. The van der Waals surface area contributed by atoms with Crippen molar-refractivity contribution in [1.82, 2.24) is 0 Å². The van der Waals surface area contributed by atoms with Crippen LogP contribution in [-0.2, 0) is 0 Å². The highest BCUT2D eigenvalue weighted by Gasteiger charge is 2.24. The fourth-order valence-corrected chi connectivity index (χ4v) is 4.20. The normalized spacial score (nSPS) is 10.1. The van der Waals surface area contributed by atoms with Gasteiger partial charge in [0, 0.05) is 21.2 Å². The van der Waals surface area contributed by atoms with Crippen LogP contribution < -0.4 is 10.2 Å². The predicted molar refractivity (Wildman–Crippen MR) is 162 cm³/mol. The monoisotopic (exact) mass is 834 g/mol. The number of hydrogen-bond donors (Lipinski definition) is 3. The molecule has 0 aliphatic heterocycles. The molecule has 0 unspecified atom stereocenters. The molecule has 0 spiro atoms. The molecule has 0 bridgehead atoms. The van der Waals surface area contributed by atoms with E-state index in [9.17, 15) is 40.3 Å². The quantitative estimate of drug-likeness (QED) is 0.106. The molecule has 0 radical (unpaired) electrons. The molecule has 0 aromatic heterocycles. The van der Waals surface area contributed by atoms with Crippen LogP contribution in [0, 0.1) is 47.9 Å². The van der Waals surface area contributed by atoms with Gasteiger partial charge < -0.3 is 20.4 Å². The number of hydrogen-bond acceptors (Lipinski definition) is 4. The zero-order valence-corrected chi connectivity index (χ0v) is 26.1. The van der Waals surface area contributed by atoms with E-state index in [0.29, 0.717) is 21.4 Å². The fourth-order valence-electron chi connectivity index (χ4n) is 3.30. The van der Waals surface area contributed by atoms with Gasteiger partial charge in [-0.05, 0) is 106 Å². The highest BCUT2D eigenvalue weighted by Crippen LogP contribution is 2.33. The van der Waals surface area contributed by atoms with Crippen LogP contribution in [0.25, 0.3) is 0 Å². The third kappa shape index (κ3) is 9.19. The maximum atomic E-state index is 14.0. The van der Waals surface area contributed by atoms with E-state index >= 15 is 0 Å². The summed E-state index contributed by atoms with van der Waals surface area (Å²) in [5.74, 6) is -11.3. The Bertz CT molecular complexity index is 1660. The predicted octanol–water partition coefficient (Wildman–Crippen LogP) is 8.45. The number of carbonyl (C=O) groups is 2. The van der Waals surface area contributed by atoms with Crippen molar-refractivity contribution in [2.45, 2.75) is 0 Å². The Labute approximate surface area is 267 Å². The highest BCUT2D eigenvalue weighted by molar-refractivity contribution is 14.1. The molecule has 0 fully saturated rings. The van der Waals surface area contributed by atoms with Crippen LogP contribution in [-0.4, -0.2) is 36.2 Å². The fraction of sp³-hybridized carbons (Fsp3) is 0.0714. The minimum atomic E-state index is -1.77. The van der Waals surface area contributed by atoms with Crippen LogP contribution >= 0.6 is 45.2 Å². The van der Waals surface area contributed by atoms with Gasteiger partial charge in [-0.25, -0.2) is 40.3 Å².